The fourth-order valence-electron chi connectivity index (χ4n) is 0.869. The minimum atomic E-state index is -4.85. The summed E-state index contributed by atoms with van der Waals surface area (Å²) in [6.45, 7) is -5.71. The third-order valence-electron chi connectivity index (χ3n) is 1.58. The lowest BCUT2D eigenvalue weighted by atomic mass is 10.2. The highest BCUT2D eigenvalue weighted by Crippen LogP contribution is 2.04. The molecule has 1 heteroatoms. The van der Waals surface area contributed by atoms with E-state index in [4.69, 9.17) is 12.3 Å². The third-order valence-corrected chi connectivity index (χ3v) is 2.78. The Labute approximate surface area is 88.6 Å². The van der Waals surface area contributed by atoms with Gasteiger partial charge in [0, 0.05) is 12.3 Å². The highest BCUT2D eigenvalue weighted by atomic mass is 28.3. The van der Waals surface area contributed by atoms with Gasteiger partial charge in [0.15, 0.2) is 0 Å². The van der Waals surface area contributed by atoms with Gasteiger partial charge < -0.3 is 0 Å². The highest BCUT2D eigenvalue weighted by Gasteiger charge is 2.14. The van der Waals surface area contributed by atoms with Crippen molar-refractivity contribution in [2.24, 2.45) is 0 Å². The lowest BCUT2D eigenvalue weighted by Gasteiger charge is -2.16. The van der Waals surface area contributed by atoms with Crippen LogP contribution in [-0.4, -0.2) is 8.07 Å². The predicted molar refractivity (Wildman–Crippen MR) is 59.5 cm³/mol. The molecule has 0 nitrogen and oxygen atoms in total. The Hall–Kier alpha value is -0.823. The molecule has 0 saturated carbocycles. The third kappa shape index (κ3) is 2.08. The monoisotopic (exact) mass is 185 g/mol. The molecule has 0 aliphatic heterocycles. The van der Waals surface area contributed by atoms with Crippen molar-refractivity contribution in [3.63, 3.8) is 0 Å². The van der Waals surface area contributed by atoms with Crippen LogP contribution < -0.4 is 5.19 Å². The number of hydrogen-bond donors (Lipinski definition) is 0. The van der Waals surface area contributed by atoms with E-state index in [2.05, 4.69) is 6.58 Å². The van der Waals surface area contributed by atoms with E-state index in [-0.39, 0.29) is 5.19 Å². The summed E-state index contributed by atoms with van der Waals surface area (Å²) < 4.78 is 68.8. The molecule has 0 aliphatic carbocycles. The van der Waals surface area contributed by atoms with Crippen molar-refractivity contribution >= 4 is 19.3 Å². The van der Waals surface area contributed by atoms with Crippen LogP contribution >= 0.6 is 0 Å². The van der Waals surface area contributed by atoms with Gasteiger partial charge in [-0.3, -0.25) is 0 Å². The molecule has 0 heterocycles. The lowest BCUT2D eigenvalue weighted by molar-refractivity contribution is 1.65. The van der Waals surface area contributed by atoms with Crippen LogP contribution in [0.15, 0.2) is 30.8 Å². The quantitative estimate of drug-likeness (QED) is 0.622. The fourth-order valence-corrected chi connectivity index (χ4v) is 1.54. The lowest BCUT2D eigenvalue weighted by Crippen LogP contribution is -2.37. The van der Waals surface area contributed by atoms with E-state index in [1.165, 1.54) is 30.3 Å². The van der Waals surface area contributed by atoms with Crippen LogP contribution in [0, 0.1) is 0 Å². The topological polar surface area (TPSA) is 0 Å². The second-order valence-corrected chi connectivity index (χ2v) is 4.65. The fraction of sp³-hybridized carbons (Fsp3) is 0.273. The average molecular weight is 185 g/mol. The molecule has 64 valence electrons. The summed E-state index contributed by atoms with van der Waals surface area (Å²) >= 11 is 0. The molecular weight excluding hydrogens is 160 g/mol. The molecule has 12 heavy (non-hydrogen) atoms. The van der Waals surface area contributed by atoms with E-state index < -0.39 is 27.5 Å². The first-order valence-electron chi connectivity index (χ1n) is 8.02. The van der Waals surface area contributed by atoms with Gasteiger partial charge >= 0.3 is 0 Å². The maximum absolute atomic E-state index is 7.64. The zero-order valence-corrected chi connectivity index (χ0v) is 7.59. The summed E-state index contributed by atoms with van der Waals surface area (Å²) in [5, 5.41) is -0.117. The first-order chi connectivity index (χ1) is 9.29. The van der Waals surface area contributed by atoms with E-state index in [0.29, 0.717) is 5.56 Å². The Balaban J connectivity index is 3.76. The first kappa shape index (κ1) is 2.84. The van der Waals surface area contributed by atoms with Crippen LogP contribution in [0.25, 0.3) is 6.08 Å². The van der Waals surface area contributed by atoms with Crippen molar-refractivity contribution in [2.75, 3.05) is 0 Å². The van der Waals surface area contributed by atoms with E-state index in [1.54, 1.807) is 0 Å². The molecule has 0 aromatic heterocycles. The van der Waals surface area contributed by atoms with Gasteiger partial charge in [-0.2, -0.15) is 0 Å². The zero-order chi connectivity index (χ0) is 16.7. The molecule has 0 unspecified atom stereocenters. The minimum absolute atomic E-state index is 0.117. The van der Waals surface area contributed by atoms with Crippen molar-refractivity contribution in [1.29, 1.82) is 0 Å². The predicted octanol–water partition coefficient (Wildman–Crippen LogP) is 2.87. The minimum Gasteiger partial charge on any atom is -0.0985 e. The van der Waals surface area contributed by atoms with Crippen LogP contribution in [0.4, 0.5) is 0 Å². The molecule has 1 rings (SSSR count). The van der Waals surface area contributed by atoms with Crippen LogP contribution in [0.5, 0.6) is 0 Å². The summed E-state index contributed by atoms with van der Waals surface area (Å²) in [6.07, 6.45) is 1.51. The van der Waals surface area contributed by atoms with Crippen LogP contribution in [0.3, 0.4) is 0 Å². The Morgan fingerprint density at radius 1 is 1.25 bits per heavy atom. The van der Waals surface area contributed by atoms with Gasteiger partial charge in [-0.15, -0.1) is 0 Å². The van der Waals surface area contributed by atoms with Crippen molar-refractivity contribution in [3.8, 4) is 0 Å². The van der Waals surface area contributed by atoms with Crippen molar-refractivity contribution in [1.82, 2.24) is 0 Å². The van der Waals surface area contributed by atoms with Gasteiger partial charge in [0.2, 0.25) is 0 Å². The molecule has 0 saturated heterocycles. The largest absolute Gasteiger partial charge is 0.0985 e. The SMILES string of the molecule is [2H]C([2H])([2H])[Si](c1ccc(C=C)cc1)(C([2H])([2H])[2H])C([2H])([2H])[2H]. The van der Waals surface area contributed by atoms with Crippen LogP contribution in [-0.2, 0) is 0 Å². The summed E-state index contributed by atoms with van der Waals surface area (Å²) in [7, 11) is -4.85. The Morgan fingerprint density at radius 3 is 2.25 bits per heavy atom. The normalized spacial score (nSPS) is 25.5. The summed E-state index contributed by atoms with van der Waals surface area (Å²) in [6, 6.07) is 5.53. The molecule has 0 bridgehead atoms. The molecule has 0 fully saturated rings. The van der Waals surface area contributed by atoms with Gasteiger partial charge in [0.05, 0.1) is 8.07 Å². The average Bonchev–Trinajstić information content (AvgIpc) is 2.24. The van der Waals surface area contributed by atoms with Crippen LogP contribution in [0.1, 0.15) is 17.9 Å². The molecule has 0 aliphatic rings. The molecule has 1 aromatic carbocycles. The Kier molecular flexibility index (Phi) is 0.776. The van der Waals surface area contributed by atoms with Gasteiger partial charge in [-0.05, 0) is 5.56 Å². The maximum atomic E-state index is 7.64. The number of rotatable bonds is 2. The van der Waals surface area contributed by atoms with E-state index in [0.717, 1.165) is 0 Å². The van der Waals surface area contributed by atoms with Gasteiger partial charge in [0.25, 0.3) is 0 Å². The Morgan fingerprint density at radius 2 is 1.83 bits per heavy atom. The summed E-state index contributed by atoms with van der Waals surface area (Å²) in [5.41, 5.74) is 0.656. The van der Waals surface area contributed by atoms with Crippen molar-refractivity contribution in [3.05, 3.63) is 36.4 Å². The van der Waals surface area contributed by atoms with Gasteiger partial charge in [0.1, 0.15) is 0 Å². The molecule has 0 amide bonds. The second kappa shape index (κ2) is 3.28. The molecule has 0 atom stereocenters. The standard InChI is InChI=1S/C11H16Si/c1-5-10-6-8-11(9-7-10)12(2,3)4/h5-9H,1H2,2-4H3/i2D3,3D3,4D3. The zero-order valence-electron chi connectivity index (χ0n) is 15.6. The number of benzene rings is 1. The van der Waals surface area contributed by atoms with E-state index in [1.807, 2.05) is 0 Å². The second-order valence-electron chi connectivity index (χ2n) is 2.58. The summed E-state index contributed by atoms with van der Waals surface area (Å²) in [5.74, 6) is 0. The van der Waals surface area contributed by atoms with E-state index >= 15 is 0 Å². The Bertz CT molecular complexity index is 470. The van der Waals surface area contributed by atoms with E-state index in [9.17, 15) is 0 Å². The molecule has 1 aromatic rings. The molecule has 0 radical (unpaired) electrons. The molecule has 0 N–H and O–H groups in total. The van der Waals surface area contributed by atoms with Gasteiger partial charge in [-0.25, -0.2) is 0 Å². The molecular formula is C11H16Si. The number of hydrogen-bond acceptors (Lipinski definition) is 0. The van der Waals surface area contributed by atoms with Crippen molar-refractivity contribution < 1.29 is 12.3 Å². The smallest absolute Gasteiger partial charge is 0.0775 e. The maximum Gasteiger partial charge on any atom is 0.0775 e. The highest BCUT2D eigenvalue weighted by molar-refractivity contribution is 6.88. The van der Waals surface area contributed by atoms with Gasteiger partial charge in [-0.1, -0.05) is 61.5 Å². The molecule has 0 spiro atoms. The van der Waals surface area contributed by atoms with Crippen molar-refractivity contribution in [2.45, 2.75) is 19.4 Å². The first-order valence-corrected chi connectivity index (χ1v) is 5.52. The summed E-state index contributed by atoms with van der Waals surface area (Å²) in [4.78, 5) is 0. The van der Waals surface area contributed by atoms with Crippen LogP contribution in [0.2, 0.25) is 19.4 Å².